The van der Waals surface area contributed by atoms with E-state index in [1.165, 1.54) is 44.2 Å². The molecule has 3 nitrogen and oxygen atoms in total. The zero-order chi connectivity index (χ0) is 15.5. The molecule has 3 heteroatoms. The molecule has 22 heavy (non-hydrogen) atoms. The molecule has 0 aromatic carbocycles. The Kier molecular flexibility index (Phi) is 3.38. The maximum atomic E-state index is 10.1. The van der Waals surface area contributed by atoms with Crippen LogP contribution >= 0.6 is 0 Å². The number of aliphatic hydroxyl groups is 1. The number of aliphatic hydroxyl groups excluding tert-OH is 1. The first-order chi connectivity index (χ1) is 10.5. The highest BCUT2D eigenvalue weighted by Gasteiger charge is 2.59. The Labute approximate surface area is 134 Å². The first-order valence-corrected chi connectivity index (χ1v) is 9.44. The van der Waals surface area contributed by atoms with Crippen LogP contribution in [-0.4, -0.2) is 16.9 Å². The number of hydrogen-bond donors (Lipinski definition) is 2. The summed E-state index contributed by atoms with van der Waals surface area (Å²) in [4.78, 5) is 0. The predicted octanol–water partition coefficient (Wildman–Crippen LogP) is 3.70. The van der Waals surface area contributed by atoms with Gasteiger partial charge < -0.3 is 10.9 Å². The van der Waals surface area contributed by atoms with E-state index in [2.05, 4.69) is 18.9 Å². The van der Waals surface area contributed by atoms with Gasteiger partial charge in [0.05, 0.1) is 6.10 Å². The molecule has 4 aliphatic rings. The molecule has 0 aromatic rings. The largest absolute Gasteiger partial charge is 0.393 e. The summed E-state index contributed by atoms with van der Waals surface area (Å²) in [7, 11) is 0. The Balaban J connectivity index is 1.63. The lowest BCUT2D eigenvalue weighted by molar-refractivity contribution is -0.113. The summed E-state index contributed by atoms with van der Waals surface area (Å²) in [5, 5.41) is 14.3. The van der Waals surface area contributed by atoms with Crippen molar-refractivity contribution >= 4 is 5.71 Å². The monoisotopic (exact) mass is 304 g/mol. The van der Waals surface area contributed by atoms with Crippen molar-refractivity contribution in [2.24, 2.45) is 45.4 Å². The van der Waals surface area contributed by atoms with Crippen LogP contribution in [0.4, 0.5) is 0 Å². The zero-order valence-electron chi connectivity index (χ0n) is 14.2. The third kappa shape index (κ3) is 1.87. The average molecular weight is 304 g/mol. The van der Waals surface area contributed by atoms with E-state index < -0.39 is 0 Å². The number of hydrogen-bond acceptors (Lipinski definition) is 3. The van der Waals surface area contributed by atoms with E-state index in [0.29, 0.717) is 5.41 Å². The minimum Gasteiger partial charge on any atom is -0.393 e. The number of nitrogens with zero attached hydrogens (tertiary/aromatic N) is 1. The summed E-state index contributed by atoms with van der Waals surface area (Å²) in [6.45, 7) is 4.99. The molecule has 124 valence electrons. The molecule has 7 atom stereocenters. The third-order valence-corrected chi connectivity index (χ3v) is 8.53. The van der Waals surface area contributed by atoms with Crippen molar-refractivity contribution in [3.63, 3.8) is 0 Å². The van der Waals surface area contributed by atoms with E-state index in [-0.39, 0.29) is 11.5 Å². The summed E-state index contributed by atoms with van der Waals surface area (Å²) in [6.07, 6.45) is 11.0. The molecule has 0 spiro atoms. The molecule has 0 aromatic heterocycles. The van der Waals surface area contributed by atoms with Gasteiger partial charge in [0.1, 0.15) is 0 Å². The van der Waals surface area contributed by atoms with Crippen LogP contribution in [0.15, 0.2) is 5.10 Å². The van der Waals surface area contributed by atoms with Crippen LogP contribution < -0.4 is 5.84 Å². The van der Waals surface area contributed by atoms with Gasteiger partial charge >= 0.3 is 0 Å². The fourth-order valence-corrected chi connectivity index (χ4v) is 7.24. The molecule has 0 aliphatic heterocycles. The Morgan fingerprint density at radius 1 is 1.05 bits per heavy atom. The lowest BCUT2D eigenvalue weighted by atomic mass is 9.45. The van der Waals surface area contributed by atoms with Crippen LogP contribution in [0, 0.1) is 34.5 Å². The molecule has 7 unspecified atom stereocenters. The van der Waals surface area contributed by atoms with Gasteiger partial charge in [0.2, 0.25) is 0 Å². The molecule has 0 radical (unpaired) electrons. The van der Waals surface area contributed by atoms with Crippen molar-refractivity contribution in [2.75, 3.05) is 0 Å². The van der Waals surface area contributed by atoms with Crippen molar-refractivity contribution in [3.05, 3.63) is 0 Å². The van der Waals surface area contributed by atoms with E-state index in [0.717, 1.165) is 42.9 Å². The molecule has 3 N–H and O–H groups in total. The maximum absolute atomic E-state index is 10.1. The van der Waals surface area contributed by atoms with Gasteiger partial charge in [0.25, 0.3) is 0 Å². The van der Waals surface area contributed by atoms with Crippen molar-refractivity contribution in [1.29, 1.82) is 0 Å². The van der Waals surface area contributed by atoms with E-state index in [1.54, 1.807) is 0 Å². The molecule has 4 rings (SSSR count). The highest BCUT2D eigenvalue weighted by Crippen LogP contribution is 2.65. The summed E-state index contributed by atoms with van der Waals surface area (Å²) in [5.41, 5.74) is 2.06. The Morgan fingerprint density at radius 2 is 1.86 bits per heavy atom. The smallest absolute Gasteiger partial charge is 0.0543 e. The average Bonchev–Trinajstić information content (AvgIpc) is 2.84. The molecule has 4 aliphatic carbocycles. The predicted molar refractivity (Wildman–Crippen MR) is 89.4 cm³/mol. The van der Waals surface area contributed by atoms with E-state index in [9.17, 15) is 5.11 Å². The van der Waals surface area contributed by atoms with Crippen LogP contribution in [0.25, 0.3) is 0 Å². The SMILES string of the molecule is CC12CCC3C(CCC4CC(O)CCC43C)C1CC/C2=N\N. The van der Waals surface area contributed by atoms with Gasteiger partial charge in [-0.25, -0.2) is 0 Å². The fraction of sp³-hybridized carbons (Fsp3) is 0.947. The molecule has 4 saturated carbocycles. The number of fused-ring (bicyclic) bond motifs is 5. The van der Waals surface area contributed by atoms with Crippen LogP contribution in [0.3, 0.4) is 0 Å². The third-order valence-electron chi connectivity index (χ3n) is 8.53. The van der Waals surface area contributed by atoms with Crippen LogP contribution in [0.2, 0.25) is 0 Å². The second-order valence-corrected chi connectivity index (χ2v) is 9.16. The quantitative estimate of drug-likeness (QED) is 0.529. The van der Waals surface area contributed by atoms with Crippen LogP contribution in [0.5, 0.6) is 0 Å². The van der Waals surface area contributed by atoms with Crippen molar-refractivity contribution in [3.8, 4) is 0 Å². The van der Waals surface area contributed by atoms with E-state index >= 15 is 0 Å². The second-order valence-electron chi connectivity index (χ2n) is 9.16. The second kappa shape index (κ2) is 4.96. The normalized spacial score (nSPS) is 56.3. The first-order valence-electron chi connectivity index (χ1n) is 9.44. The standard InChI is InChI=1S/C19H32N2O/c1-18-9-7-13(22)11-12(18)3-4-14-15-5-6-17(21-20)19(15,2)10-8-16(14)18/h12-16,22H,3-11,20H2,1-2H3/b21-17+. The lowest BCUT2D eigenvalue weighted by Gasteiger charge is -2.60. The van der Waals surface area contributed by atoms with Crippen molar-refractivity contribution in [2.45, 2.75) is 77.7 Å². The van der Waals surface area contributed by atoms with Crippen LogP contribution in [-0.2, 0) is 0 Å². The summed E-state index contributed by atoms with van der Waals surface area (Å²) >= 11 is 0. The van der Waals surface area contributed by atoms with E-state index in [1.807, 2.05) is 0 Å². The minimum absolute atomic E-state index is 0.0362. The Morgan fingerprint density at radius 3 is 2.64 bits per heavy atom. The fourth-order valence-electron chi connectivity index (χ4n) is 7.24. The molecular formula is C19H32N2O. The zero-order valence-corrected chi connectivity index (χ0v) is 14.2. The van der Waals surface area contributed by atoms with Crippen molar-refractivity contribution in [1.82, 2.24) is 0 Å². The van der Waals surface area contributed by atoms with Crippen molar-refractivity contribution < 1.29 is 5.11 Å². The summed E-state index contributed by atoms with van der Waals surface area (Å²) in [5.74, 6) is 9.00. The van der Waals surface area contributed by atoms with Crippen LogP contribution in [0.1, 0.15) is 71.6 Å². The van der Waals surface area contributed by atoms with Gasteiger partial charge in [-0.15, -0.1) is 0 Å². The van der Waals surface area contributed by atoms with Gasteiger partial charge in [-0.1, -0.05) is 13.8 Å². The molecule has 0 heterocycles. The lowest BCUT2D eigenvalue weighted by Crippen LogP contribution is -2.54. The van der Waals surface area contributed by atoms with Gasteiger partial charge in [-0.05, 0) is 86.9 Å². The van der Waals surface area contributed by atoms with E-state index in [4.69, 9.17) is 5.84 Å². The molecule has 0 saturated heterocycles. The summed E-state index contributed by atoms with van der Waals surface area (Å²) < 4.78 is 0. The number of nitrogens with two attached hydrogens (primary N) is 1. The Bertz CT molecular complexity index is 490. The molecular weight excluding hydrogens is 272 g/mol. The van der Waals surface area contributed by atoms with Gasteiger partial charge in [-0.2, -0.15) is 5.10 Å². The first kappa shape index (κ1) is 15.0. The maximum Gasteiger partial charge on any atom is 0.0543 e. The highest BCUT2D eigenvalue weighted by atomic mass is 16.3. The minimum atomic E-state index is -0.0362. The molecule has 4 fully saturated rings. The van der Waals surface area contributed by atoms with Gasteiger partial charge in [0.15, 0.2) is 0 Å². The topological polar surface area (TPSA) is 58.6 Å². The van der Waals surface area contributed by atoms with Gasteiger partial charge in [-0.3, -0.25) is 0 Å². The highest BCUT2D eigenvalue weighted by molar-refractivity contribution is 5.92. The number of rotatable bonds is 0. The number of hydrazone groups is 1. The molecule has 0 amide bonds. The molecule has 0 bridgehead atoms. The van der Waals surface area contributed by atoms with Gasteiger partial charge in [0, 0.05) is 11.1 Å². The Hall–Kier alpha value is -0.570. The summed E-state index contributed by atoms with van der Waals surface area (Å²) in [6, 6.07) is 0.